The van der Waals surface area contributed by atoms with E-state index in [1.165, 1.54) is 4.31 Å². The van der Waals surface area contributed by atoms with Crippen molar-refractivity contribution in [1.82, 2.24) is 5.32 Å². The smallest absolute Gasteiger partial charge is 0.251 e. The number of hydrogen-bond acceptors (Lipinski definition) is 4. The Hall–Kier alpha value is -2.54. The van der Waals surface area contributed by atoms with Gasteiger partial charge in [-0.2, -0.15) is 0 Å². The fourth-order valence-electron chi connectivity index (χ4n) is 4.05. The molecule has 0 spiro atoms. The maximum Gasteiger partial charge on any atom is 0.251 e. The van der Waals surface area contributed by atoms with Crippen molar-refractivity contribution >= 4 is 21.6 Å². The van der Waals surface area contributed by atoms with Crippen molar-refractivity contribution in [2.24, 2.45) is 0 Å². The van der Waals surface area contributed by atoms with Gasteiger partial charge in [0.2, 0.25) is 10.0 Å². The van der Waals surface area contributed by atoms with E-state index in [2.05, 4.69) is 5.32 Å². The average molecular weight is 415 g/mol. The van der Waals surface area contributed by atoms with E-state index in [4.69, 9.17) is 4.74 Å². The number of amides is 1. The molecule has 1 unspecified atom stereocenters. The quantitative estimate of drug-likeness (QED) is 0.832. The van der Waals surface area contributed by atoms with Crippen LogP contribution in [0.2, 0.25) is 0 Å². The summed E-state index contributed by atoms with van der Waals surface area (Å²) >= 11 is 0. The fourth-order valence-corrected chi connectivity index (χ4v) is 5.69. The molecule has 0 aromatic heterocycles. The van der Waals surface area contributed by atoms with Crippen LogP contribution in [0.15, 0.2) is 48.5 Å². The van der Waals surface area contributed by atoms with Gasteiger partial charge in [0.1, 0.15) is 11.4 Å². The normalized spacial score (nSPS) is 22.3. The number of para-hydroxylation sites is 1. The maximum absolute atomic E-state index is 13.0. The monoisotopic (exact) mass is 414 g/mol. The molecule has 2 heterocycles. The summed E-state index contributed by atoms with van der Waals surface area (Å²) in [6.07, 6.45) is 2.15. The summed E-state index contributed by atoms with van der Waals surface area (Å²) in [5.41, 5.74) is 1.56. The van der Waals surface area contributed by atoms with Crippen LogP contribution in [-0.4, -0.2) is 32.2 Å². The molecule has 0 radical (unpaired) electrons. The van der Waals surface area contributed by atoms with Crippen molar-refractivity contribution in [2.75, 3.05) is 16.6 Å². The number of nitrogens with zero attached hydrogens (tertiary/aromatic N) is 1. The number of anilines is 1. The van der Waals surface area contributed by atoms with Crippen LogP contribution >= 0.6 is 0 Å². The van der Waals surface area contributed by atoms with Gasteiger partial charge in [-0.15, -0.1) is 0 Å². The van der Waals surface area contributed by atoms with Crippen molar-refractivity contribution < 1.29 is 17.9 Å². The molecule has 1 fully saturated rings. The predicted octanol–water partition coefficient (Wildman–Crippen LogP) is 3.65. The standard InChI is InChI=1S/C22H26N2O4S/c1-22(2)15-19(18-10-3-4-11-20(18)28-22)23-21(25)16-8-7-9-17(14-16)24-12-5-6-13-29(24,26)27/h3-4,7-11,14,19H,5-6,12-13,15H2,1-2H3,(H,23,25). The van der Waals surface area contributed by atoms with E-state index in [9.17, 15) is 13.2 Å². The lowest BCUT2D eigenvalue weighted by Crippen LogP contribution is -2.41. The molecule has 2 aliphatic heterocycles. The Morgan fingerprint density at radius 3 is 2.72 bits per heavy atom. The zero-order valence-electron chi connectivity index (χ0n) is 16.7. The molecule has 154 valence electrons. The van der Waals surface area contributed by atoms with Crippen LogP contribution in [-0.2, 0) is 10.0 Å². The van der Waals surface area contributed by atoms with E-state index in [1.807, 2.05) is 38.1 Å². The number of ether oxygens (including phenoxy) is 1. The number of nitrogens with one attached hydrogen (secondary N) is 1. The Balaban J connectivity index is 1.58. The number of carbonyl (C=O) groups is 1. The lowest BCUT2D eigenvalue weighted by molar-refractivity contribution is 0.0619. The van der Waals surface area contributed by atoms with Gasteiger partial charge in [-0.25, -0.2) is 8.42 Å². The van der Waals surface area contributed by atoms with E-state index in [-0.39, 0.29) is 17.7 Å². The first-order chi connectivity index (χ1) is 13.8. The van der Waals surface area contributed by atoms with E-state index in [0.29, 0.717) is 30.6 Å². The van der Waals surface area contributed by atoms with Crippen molar-refractivity contribution in [1.29, 1.82) is 0 Å². The van der Waals surface area contributed by atoms with Crippen LogP contribution < -0.4 is 14.4 Å². The van der Waals surface area contributed by atoms with E-state index < -0.39 is 15.6 Å². The molecular weight excluding hydrogens is 388 g/mol. The van der Waals surface area contributed by atoms with Crippen molar-refractivity contribution in [3.05, 3.63) is 59.7 Å². The van der Waals surface area contributed by atoms with Gasteiger partial charge in [0, 0.05) is 24.1 Å². The van der Waals surface area contributed by atoms with Gasteiger partial charge in [-0.3, -0.25) is 9.10 Å². The van der Waals surface area contributed by atoms with Crippen LogP contribution in [0.5, 0.6) is 5.75 Å². The lowest BCUT2D eigenvalue weighted by Gasteiger charge is -2.37. The summed E-state index contributed by atoms with van der Waals surface area (Å²) in [5.74, 6) is 0.707. The SMILES string of the molecule is CC1(C)CC(NC(=O)c2cccc(N3CCCCS3(=O)=O)c2)c2ccccc2O1. The molecule has 1 N–H and O–H groups in total. The first-order valence-corrected chi connectivity index (χ1v) is 11.6. The lowest BCUT2D eigenvalue weighted by atomic mass is 9.89. The van der Waals surface area contributed by atoms with Gasteiger partial charge in [-0.05, 0) is 51.0 Å². The van der Waals surface area contributed by atoms with Gasteiger partial charge in [0.25, 0.3) is 5.91 Å². The first-order valence-electron chi connectivity index (χ1n) is 9.94. The van der Waals surface area contributed by atoms with Gasteiger partial charge in [0.15, 0.2) is 0 Å². The molecule has 0 aliphatic carbocycles. The Morgan fingerprint density at radius 2 is 1.93 bits per heavy atom. The third kappa shape index (κ3) is 4.10. The fraction of sp³-hybridized carbons (Fsp3) is 0.409. The molecule has 0 saturated carbocycles. The molecule has 2 aromatic carbocycles. The van der Waals surface area contributed by atoms with Crippen LogP contribution in [0.3, 0.4) is 0 Å². The second-order valence-corrected chi connectivity index (χ2v) is 10.3. The topological polar surface area (TPSA) is 75.7 Å². The summed E-state index contributed by atoms with van der Waals surface area (Å²) in [4.78, 5) is 13.0. The maximum atomic E-state index is 13.0. The molecule has 6 nitrogen and oxygen atoms in total. The van der Waals surface area contributed by atoms with Crippen molar-refractivity contribution in [3.8, 4) is 5.75 Å². The summed E-state index contributed by atoms with van der Waals surface area (Å²) in [5, 5.41) is 3.11. The Morgan fingerprint density at radius 1 is 1.14 bits per heavy atom. The Labute approximate surface area is 171 Å². The van der Waals surface area contributed by atoms with Gasteiger partial charge >= 0.3 is 0 Å². The average Bonchev–Trinajstić information content (AvgIpc) is 2.67. The minimum atomic E-state index is -3.32. The van der Waals surface area contributed by atoms with Crippen LogP contribution in [0.4, 0.5) is 5.69 Å². The van der Waals surface area contributed by atoms with Crippen LogP contribution in [0.1, 0.15) is 55.1 Å². The minimum Gasteiger partial charge on any atom is -0.487 e. The molecule has 1 atom stereocenters. The third-order valence-electron chi connectivity index (χ3n) is 5.43. The molecule has 2 aromatic rings. The van der Waals surface area contributed by atoms with Gasteiger partial charge < -0.3 is 10.1 Å². The molecule has 7 heteroatoms. The van der Waals surface area contributed by atoms with Crippen molar-refractivity contribution in [3.63, 3.8) is 0 Å². The highest BCUT2D eigenvalue weighted by molar-refractivity contribution is 7.92. The molecular formula is C22H26N2O4S. The van der Waals surface area contributed by atoms with Crippen LogP contribution in [0, 0.1) is 0 Å². The second kappa shape index (κ2) is 7.37. The first kappa shape index (κ1) is 19.8. The molecule has 0 bridgehead atoms. The summed E-state index contributed by atoms with van der Waals surface area (Å²) in [6, 6.07) is 14.4. The predicted molar refractivity (Wildman–Crippen MR) is 113 cm³/mol. The Bertz CT molecular complexity index is 1030. The van der Waals surface area contributed by atoms with Gasteiger partial charge in [-0.1, -0.05) is 24.3 Å². The molecule has 1 amide bonds. The van der Waals surface area contributed by atoms with E-state index in [1.54, 1.807) is 24.3 Å². The minimum absolute atomic E-state index is 0.150. The zero-order valence-corrected chi connectivity index (χ0v) is 17.5. The molecule has 29 heavy (non-hydrogen) atoms. The summed E-state index contributed by atoms with van der Waals surface area (Å²) in [6.45, 7) is 4.46. The van der Waals surface area contributed by atoms with Crippen molar-refractivity contribution in [2.45, 2.75) is 44.8 Å². The summed E-state index contributed by atoms with van der Waals surface area (Å²) in [7, 11) is -3.32. The number of benzene rings is 2. The largest absolute Gasteiger partial charge is 0.487 e. The highest BCUT2D eigenvalue weighted by Gasteiger charge is 2.34. The third-order valence-corrected chi connectivity index (χ3v) is 7.30. The molecule has 4 rings (SSSR count). The number of carbonyl (C=O) groups excluding carboxylic acids is 1. The molecule has 1 saturated heterocycles. The van der Waals surface area contributed by atoms with Crippen LogP contribution in [0.25, 0.3) is 0 Å². The highest BCUT2D eigenvalue weighted by atomic mass is 32.2. The number of hydrogen-bond donors (Lipinski definition) is 1. The van der Waals surface area contributed by atoms with E-state index >= 15 is 0 Å². The Kier molecular flexibility index (Phi) is 5.02. The highest BCUT2D eigenvalue weighted by Crippen LogP contribution is 2.39. The van der Waals surface area contributed by atoms with E-state index in [0.717, 1.165) is 17.7 Å². The number of sulfonamides is 1. The zero-order chi connectivity index (χ0) is 20.6. The van der Waals surface area contributed by atoms with Gasteiger partial charge in [0.05, 0.1) is 17.5 Å². The second-order valence-electron chi connectivity index (χ2n) is 8.28. The number of rotatable bonds is 3. The number of fused-ring (bicyclic) bond motifs is 1. The molecule has 2 aliphatic rings. The summed E-state index contributed by atoms with van der Waals surface area (Å²) < 4.78 is 32.3.